The highest BCUT2D eigenvalue weighted by molar-refractivity contribution is 5.94. The van der Waals surface area contributed by atoms with Crippen LogP contribution in [-0.2, 0) is 16.6 Å². The van der Waals surface area contributed by atoms with Crippen molar-refractivity contribution in [1.82, 2.24) is 4.98 Å². The third-order valence-electron chi connectivity index (χ3n) is 6.46. The van der Waals surface area contributed by atoms with E-state index in [-0.39, 0.29) is 29.3 Å². The van der Waals surface area contributed by atoms with Crippen LogP contribution in [0.2, 0.25) is 0 Å². The molecule has 0 spiro atoms. The van der Waals surface area contributed by atoms with Gasteiger partial charge < -0.3 is 14.6 Å². The Kier molecular flexibility index (Phi) is 4.93. The molecule has 34 heavy (non-hydrogen) atoms. The number of aryl methyl sites for hydroxylation is 2. The van der Waals surface area contributed by atoms with Crippen molar-refractivity contribution in [2.45, 2.75) is 44.8 Å². The van der Waals surface area contributed by atoms with Crippen molar-refractivity contribution in [2.24, 2.45) is 0 Å². The van der Waals surface area contributed by atoms with Crippen LogP contribution >= 0.6 is 0 Å². The number of fused-ring (bicyclic) bond motifs is 1. The number of pyridine rings is 1. The number of nitrogens with zero attached hydrogens (tertiary/aromatic N) is 1. The first-order valence-corrected chi connectivity index (χ1v) is 10.8. The summed E-state index contributed by atoms with van der Waals surface area (Å²) in [6, 6.07) is 13.0. The van der Waals surface area contributed by atoms with E-state index in [1.807, 2.05) is 19.9 Å². The topological polar surface area (TPSA) is 85.7 Å². The molecule has 1 aliphatic heterocycles. The molecule has 8 heteroatoms. The van der Waals surface area contributed by atoms with Crippen LogP contribution in [0.15, 0.2) is 48.5 Å². The molecule has 1 N–H and O–H groups in total. The molecule has 174 valence electrons. The van der Waals surface area contributed by atoms with E-state index in [2.05, 4.69) is 9.47 Å². The van der Waals surface area contributed by atoms with Gasteiger partial charge in [-0.25, -0.2) is 4.79 Å². The molecule has 0 saturated heterocycles. The number of carboxylic acids is 1. The predicted octanol–water partition coefficient (Wildman–Crippen LogP) is 5.23. The van der Waals surface area contributed by atoms with Gasteiger partial charge in [0.2, 0.25) is 0 Å². The Balaban J connectivity index is 1.41. The summed E-state index contributed by atoms with van der Waals surface area (Å²) in [5.41, 5.74) is 3.83. The second kappa shape index (κ2) is 7.62. The molecule has 1 fully saturated rings. The van der Waals surface area contributed by atoms with E-state index in [4.69, 9.17) is 4.98 Å². The maximum atomic E-state index is 13.4. The first kappa shape index (κ1) is 22.0. The minimum Gasteiger partial charge on any atom is -0.478 e. The number of carboxylic acid groups (broad SMARTS) is 1. The number of carbonyl (C=O) groups is 2. The Bertz CT molecular complexity index is 1350. The van der Waals surface area contributed by atoms with Crippen molar-refractivity contribution in [3.8, 4) is 22.8 Å². The zero-order chi connectivity index (χ0) is 24.3. The number of benzene rings is 2. The minimum atomic E-state index is -3.70. The number of ketones is 1. The van der Waals surface area contributed by atoms with Gasteiger partial charge in [0, 0.05) is 17.7 Å². The molecule has 2 aliphatic rings. The van der Waals surface area contributed by atoms with Crippen LogP contribution in [0, 0.1) is 13.8 Å². The van der Waals surface area contributed by atoms with E-state index in [1.54, 1.807) is 24.3 Å². The van der Waals surface area contributed by atoms with Crippen LogP contribution < -0.4 is 9.47 Å². The Morgan fingerprint density at radius 1 is 0.971 bits per heavy atom. The highest BCUT2D eigenvalue weighted by Gasteiger charge is 2.52. The minimum absolute atomic E-state index is 0.0432. The zero-order valence-electron chi connectivity index (χ0n) is 18.5. The van der Waals surface area contributed by atoms with Gasteiger partial charge in [-0.1, -0.05) is 18.2 Å². The van der Waals surface area contributed by atoms with Crippen molar-refractivity contribution < 1.29 is 33.0 Å². The van der Waals surface area contributed by atoms with Crippen molar-refractivity contribution in [2.75, 3.05) is 0 Å². The van der Waals surface area contributed by atoms with Crippen LogP contribution in [0.5, 0.6) is 11.5 Å². The number of ether oxygens (including phenoxy) is 2. The van der Waals surface area contributed by atoms with Crippen molar-refractivity contribution in [1.29, 1.82) is 0 Å². The number of hydrogen-bond acceptors (Lipinski definition) is 5. The number of carbonyl (C=O) groups excluding carboxylic acids is 1. The molecule has 3 aromatic rings. The van der Waals surface area contributed by atoms with E-state index in [0.717, 1.165) is 16.7 Å². The maximum absolute atomic E-state index is 13.4. The number of alkyl halides is 2. The molecule has 0 amide bonds. The molecule has 0 unspecified atom stereocenters. The summed E-state index contributed by atoms with van der Waals surface area (Å²) in [6.45, 7) is 3.73. The lowest BCUT2D eigenvalue weighted by molar-refractivity contribution is -0.286. The van der Waals surface area contributed by atoms with Gasteiger partial charge in [0.25, 0.3) is 0 Å². The highest BCUT2D eigenvalue weighted by Crippen LogP contribution is 2.52. The third-order valence-corrected chi connectivity index (χ3v) is 6.46. The fraction of sp³-hybridized carbons (Fsp3) is 0.269. The number of aromatic carboxylic acids is 1. The van der Waals surface area contributed by atoms with Gasteiger partial charge in [-0.05, 0) is 73.7 Å². The van der Waals surface area contributed by atoms with Crippen molar-refractivity contribution in [3.05, 3.63) is 76.5 Å². The molecule has 0 bridgehead atoms. The number of halogens is 2. The van der Waals surface area contributed by atoms with E-state index < -0.39 is 17.7 Å². The van der Waals surface area contributed by atoms with Gasteiger partial charge in [-0.15, -0.1) is 8.78 Å². The lowest BCUT2D eigenvalue weighted by Crippen LogP contribution is -2.26. The van der Waals surface area contributed by atoms with E-state index in [9.17, 15) is 23.5 Å². The molecule has 2 aromatic carbocycles. The fourth-order valence-corrected chi connectivity index (χ4v) is 4.44. The third kappa shape index (κ3) is 3.79. The van der Waals surface area contributed by atoms with Crippen LogP contribution in [0.25, 0.3) is 11.3 Å². The molecule has 1 aliphatic carbocycles. The fourth-order valence-electron chi connectivity index (χ4n) is 4.44. The summed E-state index contributed by atoms with van der Waals surface area (Å²) < 4.78 is 35.8. The zero-order valence-corrected chi connectivity index (χ0v) is 18.5. The predicted molar refractivity (Wildman–Crippen MR) is 118 cm³/mol. The van der Waals surface area contributed by atoms with Gasteiger partial charge in [0.05, 0.1) is 16.7 Å². The summed E-state index contributed by atoms with van der Waals surface area (Å²) in [5, 5.41) is 9.22. The molecule has 2 heterocycles. The van der Waals surface area contributed by atoms with Gasteiger partial charge >= 0.3 is 12.3 Å². The van der Waals surface area contributed by atoms with E-state index in [0.29, 0.717) is 29.8 Å². The summed E-state index contributed by atoms with van der Waals surface area (Å²) in [4.78, 5) is 29.3. The van der Waals surface area contributed by atoms with Gasteiger partial charge in [-0.2, -0.15) is 0 Å². The summed E-state index contributed by atoms with van der Waals surface area (Å²) in [7, 11) is 0. The van der Waals surface area contributed by atoms with Crippen LogP contribution in [0.4, 0.5) is 8.78 Å². The Labute approximate surface area is 194 Å². The maximum Gasteiger partial charge on any atom is 0.586 e. The molecule has 0 radical (unpaired) electrons. The van der Waals surface area contributed by atoms with Gasteiger partial charge in [-0.3, -0.25) is 9.78 Å². The number of rotatable bonds is 6. The van der Waals surface area contributed by atoms with Crippen LogP contribution in [0.3, 0.4) is 0 Å². The quantitative estimate of drug-likeness (QED) is 0.537. The van der Waals surface area contributed by atoms with Crippen LogP contribution in [0.1, 0.15) is 45.6 Å². The second-order valence-electron chi connectivity index (χ2n) is 8.81. The van der Waals surface area contributed by atoms with Gasteiger partial charge in [0.1, 0.15) is 5.78 Å². The number of hydrogen-bond donors (Lipinski definition) is 1. The summed E-state index contributed by atoms with van der Waals surface area (Å²) >= 11 is 0. The number of Topliss-reactive ketones (excluding diaryl/α,β-unsaturated/α-hetero) is 1. The lowest BCUT2D eigenvalue weighted by atomic mass is 9.88. The average molecular weight is 465 g/mol. The highest BCUT2D eigenvalue weighted by atomic mass is 19.3. The smallest absolute Gasteiger partial charge is 0.478 e. The Morgan fingerprint density at radius 3 is 2.38 bits per heavy atom. The Hall–Kier alpha value is -3.81. The van der Waals surface area contributed by atoms with Gasteiger partial charge in [0.15, 0.2) is 11.5 Å². The van der Waals surface area contributed by atoms with Crippen molar-refractivity contribution in [3.63, 3.8) is 0 Å². The van der Waals surface area contributed by atoms with E-state index >= 15 is 0 Å². The molecule has 1 saturated carbocycles. The first-order chi connectivity index (χ1) is 16.1. The first-order valence-electron chi connectivity index (χ1n) is 10.8. The molecular weight excluding hydrogens is 444 g/mol. The molecule has 6 nitrogen and oxygen atoms in total. The largest absolute Gasteiger partial charge is 0.586 e. The lowest BCUT2D eigenvalue weighted by Gasteiger charge is -2.16. The van der Waals surface area contributed by atoms with Crippen molar-refractivity contribution >= 4 is 11.8 Å². The monoisotopic (exact) mass is 465 g/mol. The van der Waals surface area contributed by atoms with E-state index in [1.165, 1.54) is 18.2 Å². The normalized spacial score (nSPS) is 16.8. The standard InChI is InChI=1S/C26H21F2NO5/c1-14-3-6-18(29-23(14)19-7-4-16(24(31)32)11-15(19)2)13-22(30)25(9-10-25)17-5-8-20-21(12-17)34-26(27,28)33-20/h3-8,11-12H,9-10,13H2,1-2H3,(H,31,32). The summed E-state index contributed by atoms with van der Waals surface area (Å²) in [5.74, 6) is -1.16. The van der Waals surface area contributed by atoms with Crippen LogP contribution in [-0.4, -0.2) is 28.1 Å². The Morgan fingerprint density at radius 2 is 1.71 bits per heavy atom. The SMILES string of the molecule is Cc1cc(C(=O)O)ccc1-c1nc(CC(=O)C2(c3ccc4c(c3)OC(F)(F)O4)CC2)ccc1C. The molecule has 1 aromatic heterocycles. The molecule has 0 atom stereocenters. The molecule has 5 rings (SSSR count). The summed E-state index contributed by atoms with van der Waals surface area (Å²) in [6.07, 6.45) is -2.37. The average Bonchev–Trinajstić information content (AvgIpc) is 3.52. The molecular formula is C26H21F2NO5. The number of aromatic nitrogens is 1. The second-order valence-corrected chi connectivity index (χ2v) is 8.81.